The lowest BCUT2D eigenvalue weighted by atomic mass is 9.85. The summed E-state index contributed by atoms with van der Waals surface area (Å²) in [5, 5.41) is 19.2. The van der Waals surface area contributed by atoms with Gasteiger partial charge in [0.15, 0.2) is 0 Å². The number of benzene rings is 1. The van der Waals surface area contributed by atoms with Crippen molar-refractivity contribution in [2.75, 3.05) is 26.2 Å². The number of hydrogen-bond acceptors (Lipinski definition) is 9. The molecule has 0 saturated heterocycles. The predicted octanol–water partition coefficient (Wildman–Crippen LogP) is 3.40. The third-order valence-electron chi connectivity index (χ3n) is 8.08. The lowest BCUT2D eigenvalue weighted by Gasteiger charge is -2.39. The summed E-state index contributed by atoms with van der Waals surface area (Å²) in [5.74, 6) is -0.446. The average Bonchev–Trinajstić information content (AvgIpc) is 2.95. The highest BCUT2D eigenvalue weighted by Crippen LogP contribution is 2.21. The van der Waals surface area contributed by atoms with Gasteiger partial charge in [0.1, 0.15) is 18.1 Å². The summed E-state index contributed by atoms with van der Waals surface area (Å²) in [6, 6.07) is 7.89. The molecule has 11 nitrogen and oxygen atoms in total. The van der Waals surface area contributed by atoms with Crippen LogP contribution in [0.25, 0.3) is 0 Å². The van der Waals surface area contributed by atoms with Crippen molar-refractivity contribution in [3.63, 3.8) is 0 Å². The summed E-state index contributed by atoms with van der Waals surface area (Å²) in [5.41, 5.74) is 4.82. The highest BCUT2D eigenvalue weighted by molar-refractivity contribution is 5.87. The van der Waals surface area contributed by atoms with Crippen molar-refractivity contribution in [3.05, 3.63) is 45.7 Å². The van der Waals surface area contributed by atoms with E-state index in [0.717, 1.165) is 18.4 Å². The Morgan fingerprint density at radius 1 is 0.829 bits per heavy atom. The van der Waals surface area contributed by atoms with Gasteiger partial charge in [-0.05, 0) is 66.5 Å². The van der Waals surface area contributed by atoms with Gasteiger partial charge in [-0.1, -0.05) is 54.0 Å². The zero-order chi connectivity index (χ0) is 31.1. The van der Waals surface area contributed by atoms with E-state index in [0.29, 0.717) is 38.9 Å². The fourth-order valence-corrected chi connectivity index (χ4v) is 3.98. The first kappa shape index (κ1) is 36.3. The van der Waals surface area contributed by atoms with Gasteiger partial charge in [0.25, 0.3) is 0 Å². The van der Waals surface area contributed by atoms with E-state index in [1.165, 1.54) is 0 Å². The quantitative estimate of drug-likeness (QED) is 0.111. The fourth-order valence-electron chi connectivity index (χ4n) is 3.98. The van der Waals surface area contributed by atoms with E-state index in [-0.39, 0.29) is 18.4 Å². The van der Waals surface area contributed by atoms with Crippen LogP contribution in [0.1, 0.15) is 79.7 Å². The number of hydrogen-bond donors (Lipinski definition) is 5. The van der Waals surface area contributed by atoms with Crippen LogP contribution in [0.5, 0.6) is 0 Å². The molecule has 0 fully saturated rings. The van der Waals surface area contributed by atoms with Crippen molar-refractivity contribution in [2.24, 2.45) is 21.5 Å². The molecule has 0 bridgehead atoms. The van der Waals surface area contributed by atoms with E-state index >= 15 is 0 Å². The summed E-state index contributed by atoms with van der Waals surface area (Å²) in [6.07, 6.45) is 3.13. The topological polar surface area (TPSA) is 167 Å². The van der Waals surface area contributed by atoms with Crippen LogP contribution < -0.4 is 27.0 Å². The van der Waals surface area contributed by atoms with Gasteiger partial charge < -0.3 is 27.0 Å². The number of nitroso groups, excluding NO2 is 2. The minimum atomic E-state index is -0.740. The molecule has 0 aliphatic rings. The normalized spacial score (nSPS) is 15.7. The van der Waals surface area contributed by atoms with Gasteiger partial charge in [-0.3, -0.25) is 9.59 Å². The molecular formula is C30H53N7O4. The molecule has 0 aliphatic heterocycles. The first-order valence-electron chi connectivity index (χ1n) is 14.7. The van der Waals surface area contributed by atoms with Crippen molar-refractivity contribution >= 4 is 11.8 Å². The Kier molecular flexibility index (Phi) is 15.3. The van der Waals surface area contributed by atoms with Gasteiger partial charge in [-0.2, -0.15) is 9.81 Å². The minimum absolute atomic E-state index is 0.168. The molecule has 0 aliphatic carbocycles. The maximum absolute atomic E-state index is 13.5. The van der Waals surface area contributed by atoms with Gasteiger partial charge in [0.05, 0.1) is 0 Å². The highest BCUT2D eigenvalue weighted by Gasteiger charge is 2.35. The molecule has 0 saturated carbocycles. The van der Waals surface area contributed by atoms with E-state index < -0.39 is 34.6 Å². The summed E-state index contributed by atoms with van der Waals surface area (Å²) < 4.78 is 0. The van der Waals surface area contributed by atoms with Gasteiger partial charge in [0.2, 0.25) is 11.8 Å². The molecule has 2 unspecified atom stereocenters. The first-order valence-corrected chi connectivity index (χ1v) is 14.7. The Morgan fingerprint density at radius 2 is 1.37 bits per heavy atom. The number of nitrogens with two attached hydrogens (primary N) is 1. The van der Waals surface area contributed by atoms with Crippen molar-refractivity contribution in [1.29, 1.82) is 0 Å². The lowest BCUT2D eigenvalue weighted by Crippen LogP contribution is -2.59. The van der Waals surface area contributed by atoms with Crippen LogP contribution in [0.4, 0.5) is 0 Å². The third kappa shape index (κ3) is 13.2. The molecule has 0 spiro atoms. The van der Waals surface area contributed by atoms with Crippen LogP contribution in [-0.4, -0.2) is 67.2 Å². The zero-order valence-corrected chi connectivity index (χ0v) is 26.1. The Bertz CT molecular complexity index is 925. The van der Waals surface area contributed by atoms with Crippen molar-refractivity contribution in [1.82, 2.24) is 21.3 Å². The molecule has 0 heterocycles. The fraction of sp³-hybridized carbons (Fsp3) is 0.733. The molecule has 0 aromatic heterocycles. The summed E-state index contributed by atoms with van der Waals surface area (Å²) in [4.78, 5) is 48.7. The smallest absolute Gasteiger partial charge is 0.242 e. The van der Waals surface area contributed by atoms with Crippen LogP contribution >= 0.6 is 0 Å². The molecule has 0 radical (unpaired) electrons. The SMILES string of the molecule is CC(N=O)C(C)(C)NCC(C)(CNC(=O)[C@@H](Cc1ccccc1)NC(=O)CCCCCN)CNC(C)(C)C(C)N=O. The van der Waals surface area contributed by atoms with Gasteiger partial charge in [-0.15, -0.1) is 0 Å². The van der Waals surface area contributed by atoms with Crippen LogP contribution in [-0.2, 0) is 16.0 Å². The molecule has 41 heavy (non-hydrogen) atoms. The number of carbonyl (C=O) groups is 2. The van der Waals surface area contributed by atoms with E-state index in [9.17, 15) is 19.4 Å². The highest BCUT2D eigenvalue weighted by atomic mass is 16.3. The summed E-state index contributed by atoms with van der Waals surface area (Å²) in [7, 11) is 0. The van der Waals surface area contributed by atoms with Gasteiger partial charge in [-0.25, -0.2) is 0 Å². The number of carbonyl (C=O) groups excluding carboxylic acids is 2. The van der Waals surface area contributed by atoms with Crippen molar-refractivity contribution < 1.29 is 9.59 Å². The Balaban J connectivity index is 3.07. The standard InChI is InChI=1S/C30H53N7O4/c1-22(36-40)28(3,4)33-20-30(7,21-34-29(5,6)23(2)37-41)19-32-27(39)25(18-24-14-10-8-11-15-24)35-26(38)16-12-9-13-17-31/h8,10-11,14-15,22-23,25,33-34H,9,12-13,16-21,31H2,1-7H3,(H,32,39)(H,35,38)/t22?,23?,25-,30?/m1/s1. The lowest BCUT2D eigenvalue weighted by molar-refractivity contribution is -0.129. The molecule has 11 heteroatoms. The Hall–Kier alpha value is -2.76. The van der Waals surface area contributed by atoms with Crippen LogP contribution in [0.2, 0.25) is 0 Å². The van der Waals surface area contributed by atoms with Crippen LogP contribution in [0, 0.1) is 15.2 Å². The average molecular weight is 576 g/mol. The van der Waals surface area contributed by atoms with Crippen LogP contribution in [0.3, 0.4) is 0 Å². The Labute approximate surface area is 245 Å². The molecule has 3 atom stereocenters. The number of nitrogens with one attached hydrogen (secondary N) is 4. The molecule has 1 aromatic carbocycles. The van der Waals surface area contributed by atoms with E-state index in [4.69, 9.17) is 5.73 Å². The number of rotatable bonds is 21. The molecular weight excluding hydrogens is 522 g/mol. The largest absolute Gasteiger partial charge is 0.354 e. The molecule has 6 N–H and O–H groups in total. The summed E-state index contributed by atoms with van der Waals surface area (Å²) >= 11 is 0. The monoisotopic (exact) mass is 575 g/mol. The third-order valence-corrected chi connectivity index (χ3v) is 8.08. The number of unbranched alkanes of at least 4 members (excludes halogenated alkanes) is 2. The molecule has 1 rings (SSSR count). The Morgan fingerprint density at radius 3 is 1.85 bits per heavy atom. The van der Waals surface area contributed by atoms with E-state index in [1.54, 1.807) is 13.8 Å². The molecule has 2 amide bonds. The van der Waals surface area contributed by atoms with Gasteiger partial charge in [0, 0.05) is 49.0 Å². The van der Waals surface area contributed by atoms with Gasteiger partial charge >= 0.3 is 0 Å². The van der Waals surface area contributed by atoms with Crippen molar-refractivity contribution in [3.8, 4) is 0 Å². The predicted molar refractivity (Wildman–Crippen MR) is 165 cm³/mol. The summed E-state index contributed by atoms with van der Waals surface area (Å²) in [6.45, 7) is 14.9. The van der Waals surface area contributed by atoms with Crippen molar-refractivity contribution in [2.45, 2.75) is 110 Å². The number of amides is 2. The van der Waals surface area contributed by atoms with Crippen LogP contribution in [0.15, 0.2) is 40.7 Å². The second-order valence-corrected chi connectivity index (χ2v) is 12.7. The second kappa shape index (κ2) is 17.3. The molecule has 232 valence electrons. The first-order chi connectivity index (χ1) is 19.2. The maximum atomic E-state index is 13.5. The van der Waals surface area contributed by atoms with E-state index in [2.05, 4.69) is 31.6 Å². The number of nitrogens with zero attached hydrogens (tertiary/aromatic N) is 2. The minimum Gasteiger partial charge on any atom is -0.354 e. The second-order valence-electron chi connectivity index (χ2n) is 12.7. The molecule has 1 aromatic rings. The zero-order valence-electron chi connectivity index (χ0n) is 26.1. The van der Waals surface area contributed by atoms with E-state index in [1.807, 2.05) is 65.0 Å². The maximum Gasteiger partial charge on any atom is 0.242 e.